The number of likely N-dealkylation sites (tertiary alicyclic amines) is 1. The molecule has 5 rings (SSSR count). The lowest BCUT2D eigenvalue weighted by Crippen LogP contribution is -2.35. The molecule has 1 saturated carbocycles. The summed E-state index contributed by atoms with van der Waals surface area (Å²) in [6.45, 7) is 2.22. The molecule has 3 heteroatoms. The molecule has 2 unspecified atom stereocenters. The van der Waals surface area contributed by atoms with Gasteiger partial charge in [-0.25, -0.2) is 0 Å². The average Bonchev–Trinajstić information content (AvgIpc) is 3.20. The maximum absolute atomic E-state index is 6.18. The SMILES string of the molecule is Clc1cccc(CN2CC3(Cc4cccc5cnccc45)CCC2C3)c1. The Balaban J connectivity index is 1.38. The predicted octanol–water partition coefficient (Wildman–Crippen LogP) is 5.49. The van der Waals surface area contributed by atoms with E-state index in [1.54, 1.807) is 0 Å². The molecule has 1 aliphatic carbocycles. The smallest absolute Gasteiger partial charge is 0.0409 e. The second-order valence-corrected chi connectivity index (χ2v) is 8.56. The zero-order chi connectivity index (χ0) is 17.6. The van der Waals surface area contributed by atoms with E-state index < -0.39 is 0 Å². The molecule has 2 atom stereocenters. The van der Waals surface area contributed by atoms with Gasteiger partial charge in [-0.3, -0.25) is 9.88 Å². The van der Waals surface area contributed by atoms with Crippen LogP contribution in [0.3, 0.4) is 0 Å². The van der Waals surface area contributed by atoms with Gasteiger partial charge in [0, 0.05) is 41.9 Å². The van der Waals surface area contributed by atoms with Gasteiger partial charge in [-0.05, 0) is 65.8 Å². The highest BCUT2D eigenvalue weighted by Crippen LogP contribution is 2.50. The van der Waals surface area contributed by atoms with Crippen molar-refractivity contribution in [3.8, 4) is 0 Å². The third-order valence-electron chi connectivity index (χ3n) is 6.34. The first kappa shape index (κ1) is 16.3. The lowest BCUT2D eigenvalue weighted by molar-refractivity contribution is 0.164. The molecule has 1 aliphatic heterocycles. The number of benzene rings is 2. The number of rotatable bonds is 4. The standard InChI is InChI=1S/C23H23ClN2/c24-20-6-1-3-17(11-20)15-26-16-23(9-7-21(26)13-23)12-18-4-2-5-19-14-25-10-8-22(18)19/h1-6,8,10-11,14,21H,7,9,12-13,15-16H2. The molecule has 2 nitrogen and oxygen atoms in total. The van der Waals surface area contributed by atoms with Gasteiger partial charge in [-0.1, -0.05) is 41.9 Å². The van der Waals surface area contributed by atoms with Crippen LogP contribution in [0.15, 0.2) is 60.9 Å². The van der Waals surface area contributed by atoms with Crippen LogP contribution in [0.4, 0.5) is 0 Å². The van der Waals surface area contributed by atoms with Crippen LogP contribution in [-0.4, -0.2) is 22.5 Å². The lowest BCUT2D eigenvalue weighted by Gasteiger charge is -2.33. The Kier molecular flexibility index (Phi) is 3.99. The summed E-state index contributed by atoms with van der Waals surface area (Å²) in [6, 6.07) is 17.9. The molecule has 2 aromatic carbocycles. The van der Waals surface area contributed by atoms with Crippen molar-refractivity contribution in [1.82, 2.24) is 9.88 Å². The van der Waals surface area contributed by atoms with Crippen LogP contribution in [-0.2, 0) is 13.0 Å². The van der Waals surface area contributed by atoms with Gasteiger partial charge in [0.25, 0.3) is 0 Å². The summed E-state index contributed by atoms with van der Waals surface area (Å²) in [4.78, 5) is 6.96. The Bertz CT molecular complexity index is 948. The maximum Gasteiger partial charge on any atom is 0.0409 e. The van der Waals surface area contributed by atoms with Crippen LogP contribution in [0.25, 0.3) is 10.8 Å². The molecule has 2 bridgehead atoms. The molecule has 3 aromatic rings. The molecule has 2 fully saturated rings. The van der Waals surface area contributed by atoms with Crippen molar-refractivity contribution < 1.29 is 0 Å². The Morgan fingerprint density at radius 1 is 1.15 bits per heavy atom. The number of hydrogen-bond donors (Lipinski definition) is 0. The van der Waals surface area contributed by atoms with E-state index >= 15 is 0 Å². The van der Waals surface area contributed by atoms with Crippen LogP contribution in [0.5, 0.6) is 0 Å². The first-order valence-electron chi connectivity index (χ1n) is 9.51. The Morgan fingerprint density at radius 2 is 2.08 bits per heavy atom. The highest BCUT2D eigenvalue weighted by Gasteiger charge is 2.49. The maximum atomic E-state index is 6.18. The monoisotopic (exact) mass is 362 g/mol. The van der Waals surface area contributed by atoms with E-state index in [1.807, 2.05) is 18.5 Å². The van der Waals surface area contributed by atoms with Crippen molar-refractivity contribution >= 4 is 22.4 Å². The molecule has 132 valence electrons. The summed E-state index contributed by atoms with van der Waals surface area (Å²) in [6.07, 6.45) is 9.08. The van der Waals surface area contributed by atoms with Gasteiger partial charge in [0.05, 0.1) is 0 Å². The van der Waals surface area contributed by atoms with Crippen molar-refractivity contribution in [2.75, 3.05) is 6.54 Å². The van der Waals surface area contributed by atoms with Crippen molar-refractivity contribution in [3.63, 3.8) is 0 Å². The van der Waals surface area contributed by atoms with Gasteiger partial charge >= 0.3 is 0 Å². The topological polar surface area (TPSA) is 16.1 Å². The summed E-state index contributed by atoms with van der Waals surface area (Å²) >= 11 is 6.18. The fourth-order valence-electron chi connectivity index (χ4n) is 5.21. The first-order chi connectivity index (χ1) is 12.7. The fourth-order valence-corrected chi connectivity index (χ4v) is 5.42. The quantitative estimate of drug-likeness (QED) is 0.610. The average molecular weight is 363 g/mol. The number of piperidine rings is 1. The molecule has 0 spiro atoms. The minimum atomic E-state index is 0.431. The first-order valence-corrected chi connectivity index (χ1v) is 9.89. The van der Waals surface area contributed by atoms with Crippen molar-refractivity contribution in [1.29, 1.82) is 0 Å². The van der Waals surface area contributed by atoms with Crippen LogP contribution in [0, 0.1) is 5.41 Å². The van der Waals surface area contributed by atoms with E-state index in [0.717, 1.165) is 17.6 Å². The number of hydrogen-bond acceptors (Lipinski definition) is 2. The van der Waals surface area contributed by atoms with E-state index in [9.17, 15) is 0 Å². The molecule has 0 amide bonds. The molecule has 1 aromatic heterocycles. The summed E-state index contributed by atoms with van der Waals surface area (Å²) < 4.78 is 0. The Labute approximate surface area is 159 Å². The molecule has 1 saturated heterocycles. The van der Waals surface area contributed by atoms with E-state index in [2.05, 4.69) is 52.3 Å². The zero-order valence-corrected chi connectivity index (χ0v) is 15.6. The largest absolute Gasteiger partial charge is 0.296 e. The molecule has 0 N–H and O–H groups in total. The number of aromatic nitrogens is 1. The van der Waals surface area contributed by atoms with Crippen LogP contribution < -0.4 is 0 Å². The molecule has 26 heavy (non-hydrogen) atoms. The summed E-state index contributed by atoms with van der Waals surface area (Å²) in [5.74, 6) is 0. The zero-order valence-electron chi connectivity index (χ0n) is 14.9. The Hall–Kier alpha value is -1.90. The van der Waals surface area contributed by atoms with Gasteiger partial charge < -0.3 is 0 Å². The van der Waals surface area contributed by atoms with Crippen LogP contribution in [0.2, 0.25) is 5.02 Å². The highest BCUT2D eigenvalue weighted by atomic mass is 35.5. The van der Waals surface area contributed by atoms with Crippen molar-refractivity contribution in [2.24, 2.45) is 5.41 Å². The minimum absolute atomic E-state index is 0.431. The molecular weight excluding hydrogens is 340 g/mol. The van der Waals surface area contributed by atoms with E-state index in [0.29, 0.717) is 5.41 Å². The van der Waals surface area contributed by atoms with Crippen LogP contribution >= 0.6 is 11.6 Å². The van der Waals surface area contributed by atoms with E-state index in [1.165, 1.54) is 54.1 Å². The number of pyridine rings is 1. The van der Waals surface area contributed by atoms with Crippen molar-refractivity contribution in [2.45, 2.75) is 38.3 Å². The fraction of sp³-hybridized carbons (Fsp3) is 0.348. The predicted molar refractivity (Wildman–Crippen MR) is 107 cm³/mol. The third kappa shape index (κ3) is 2.91. The molecule has 2 heterocycles. The normalized spacial score (nSPS) is 25.2. The summed E-state index contributed by atoms with van der Waals surface area (Å²) in [7, 11) is 0. The second kappa shape index (κ2) is 6.37. The lowest BCUT2D eigenvalue weighted by atomic mass is 9.80. The van der Waals surface area contributed by atoms with Gasteiger partial charge in [0.1, 0.15) is 0 Å². The summed E-state index contributed by atoms with van der Waals surface area (Å²) in [5, 5.41) is 3.46. The number of halogens is 1. The van der Waals surface area contributed by atoms with Gasteiger partial charge in [0.2, 0.25) is 0 Å². The molecule has 2 aliphatic rings. The van der Waals surface area contributed by atoms with Gasteiger partial charge in [-0.15, -0.1) is 0 Å². The third-order valence-corrected chi connectivity index (χ3v) is 6.58. The van der Waals surface area contributed by atoms with Crippen molar-refractivity contribution in [3.05, 3.63) is 77.1 Å². The summed E-state index contributed by atoms with van der Waals surface area (Å²) in [5.41, 5.74) is 3.24. The van der Waals surface area contributed by atoms with Crippen LogP contribution in [0.1, 0.15) is 30.4 Å². The number of nitrogens with zero attached hydrogens (tertiary/aromatic N) is 2. The molecular formula is C23H23ClN2. The van der Waals surface area contributed by atoms with E-state index in [4.69, 9.17) is 11.6 Å². The Morgan fingerprint density at radius 3 is 3.00 bits per heavy atom. The van der Waals surface area contributed by atoms with E-state index in [-0.39, 0.29) is 0 Å². The van der Waals surface area contributed by atoms with Gasteiger partial charge in [-0.2, -0.15) is 0 Å². The van der Waals surface area contributed by atoms with Gasteiger partial charge in [0.15, 0.2) is 0 Å². The number of fused-ring (bicyclic) bond motifs is 3. The second-order valence-electron chi connectivity index (χ2n) is 8.12. The molecule has 0 radical (unpaired) electrons. The highest BCUT2D eigenvalue weighted by molar-refractivity contribution is 6.30. The minimum Gasteiger partial charge on any atom is -0.296 e.